The summed E-state index contributed by atoms with van der Waals surface area (Å²) >= 11 is 6.13. The molecule has 0 aromatic heterocycles. The van der Waals surface area contributed by atoms with Gasteiger partial charge >= 0.3 is 0 Å². The van der Waals surface area contributed by atoms with E-state index in [2.05, 4.69) is 13.0 Å². The van der Waals surface area contributed by atoms with E-state index in [1.165, 1.54) is 12.1 Å². The first kappa shape index (κ1) is 14.8. The number of nitro groups is 1. The number of hydrogen-bond acceptors (Lipinski definition) is 3. The van der Waals surface area contributed by atoms with Gasteiger partial charge in [-0.25, -0.2) is 0 Å². The van der Waals surface area contributed by atoms with E-state index in [1.807, 2.05) is 0 Å². The molecular weight excluding hydrogens is 276 g/mol. The van der Waals surface area contributed by atoms with Gasteiger partial charge in [0.2, 0.25) is 0 Å². The zero-order chi connectivity index (χ0) is 14.8. The molecule has 2 rings (SSSR count). The highest BCUT2D eigenvalue weighted by Gasteiger charge is 2.39. The lowest BCUT2D eigenvalue weighted by Crippen LogP contribution is -2.18. The third-order valence-electron chi connectivity index (χ3n) is 4.30. The summed E-state index contributed by atoms with van der Waals surface area (Å²) in [4.78, 5) is 10.2. The maximum Gasteiger partial charge on any atom is 0.270 e. The van der Waals surface area contributed by atoms with Crippen LogP contribution in [0.2, 0.25) is 5.02 Å². The second-order valence-corrected chi connectivity index (χ2v) is 6.03. The molecule has 5 heteroatoms. The topological polar surface area (TPSA) is 66.9 Å². The Hall–Kier alpha value is -1.60. The molecule has 0 bridgehead atoms. The van der Waals surface area contributed by atoms with Gasteiger partial charge in [-0.1, -0.05) is 31.0 Å². The lowest BCUT2D eigenvalue weighted by atomic mass is 9.80. The zero-order valence-electron chi connectivity index (χ0n) is 11.4. The van der Waals surface area contributed by atoms with Crippen molar-refractivity contribution in [3.05, 3.63) is 38.9 Å². The Balaban J connectivity index is 2.21. The molecule has 1 aliphatic carbocycles. The Morgan fingerprint density at radius 1 is 1.60 bits per heavy atom. The maximum absolute atomic E-state index is 10.7. The van der Waals surface area contributed by atoms with Gasteiger partial charge in [-0.3, -0.25) is 10.1 Å². The molecule has 106 valence electrons. The highest BCUT2D eigenvalue weighted by atomic mass is 35.5. The summed E-state index contributed by atoms with van der Waals surface area (Å²) in [5, 5.41) is 20.6. The summed E-state index contributed by atoms with van der Waals surface area (Å²) in [6.45, 7) is 2.15. The molecule has 4 nitrogen and oxygen atoms in total. The highest BCUT2D eigenvalue weighted by Crippen LogP contribution is 2.45. The number of non-ortho nitro benzene ring substituents is 1. The van der Waals surface area contributed by atoms with E-state index in [-0.39, 0.29) is 11.1 Å². The van der Waals surface area contributed by atoms with Crippen LogP contribution < -0.4 is 0 Å². The van der Waals surface area contributed by atoms with Gasteiger partial charge in [-0.15, -0.1) is 0 Å². The van der Waals surface area contributed by atoms with Crippen LogP contribution in [0.1, 0.15) is 38.2 Å². The zero-order valence-corrected chi connectivity index (χ0v) is 12.2. The molecule has 2 unspecified atom stereocenters. The van der Waals surface area contributed by atoms with Crippen LogP contribution in [0.25, 0.3) is 0 Å². The number of rotatable bonds is 4. The fourth-order valence-corrected chi connectivity index (χ4v) is 3.29. The number of benzene rings is 1. The summed E-state index contributed by atoms with van der Waals surface area (Å²) in [7, 11) is 0. The van der Waals surface area contributed by atoms with E-state index in [4.69, 9.17) is 11.6 Å². The molecule has 0 amide bonds. The van der Waals surface area contributed by atoms with Crippen molar-refractivity contribution in [1.29, 1.82) is 5.26 Å². The fourth-order valence-electron chi connectivity index (χ4n) is 3.04. The van der Waals surface area contributed by atoms with E-state index >= 15 is 0 Å². The Morgan fingerprint density at radius 3 is 2.85 bits per heavy atom. The first-order valence-corrected chi connectivity index (χ1v) is 7.21. The van der Waals surface area contributed by atoms with E-state index in [0.29, 0.717) is 17.4 Å². The van der Waals surface area contributed by atoms with Crippen LogP contribution in [0, 0.1) is 32.8 Å². The fraction of sp³-hybridized carbons (Fsp3) is 0.533. The van der Waals surface area contributed by atoms with Gasteiger partial charge in [0, 0.05) is 12.1 Å². The van der Waals surface area contributed by atoms with E-state index < -0.39 is 4.92 Å². The highest BCUT2D eigenvalue weighted by molar-refractivity contribution is 6.31. The van der Waals surface area contributed by atoms with Crippen LogP contribution in [0.4, 0.5) is 5.69 Å². The Morgan fingerprint density at radius 2 is 2.35 bits per heavy atom. The number of hydrogen-bond donors (Lipinski definition) is 0. The monoisotopic (exact) mass is 292 g/mol. The number of nitrogens with zero attached hydrogens (tertiary/aromatic N) is 2. The Labute approximate surface area is 123 Å². The van der Waals surface area contributed by atoms with Crippen LogP contribution in [0.3, 0.4) is 0 Å². The Kier molecular flexibility index (Phi) is 4.29. The van der Waals surface area contributed by atoms with Crippen molar-refractivity contribution in [2.75, 3.05) is 0 Å². The normalized spacial score (nSPS) is 25.4. The van der Waals surface area contributed by atoms with Crippen molar-refractivity contribution in [3.63, 3.8) is 0 Å². The summed E-state index contributed by atoms with van der Waals surface area (Å²) in [5.74, 6) is 0.603. The van der Waals surface area contributed by atoms with E-state index in [0.717, 1.165) is 31.2 Å². The maximum atomic E-state index is 10.7. The molecule has 1 saturated carbocycles. The molecule has 1 fully saturated rings. The van der Waals surface area contributed by atoms with Crippen LogP contribution in [0.5, 0.6) is 0 Å². The molecule has 1 aromatic carbocycles. The molecule has 20 heavy (non-hydrogen) atoms. The Bertz CT molecular complexity index is 567. The van der Waals surface area contributed by atoms with Gasteiger partial charge < -0.3 is 0 Å². The largest absolute Gasteiger partial charge is 0.270 e. The van der Waals surface area contributed by atoms with Gasteiger partial charge in [0.15, 0.2) is 0 Å². The first-order valence-electron chi connectivity index (χ1n) is 6.84. The molecule has 0 N–H and O–H groups in total. The molecule has 2 atom stereocenters. The van der Waals surface area contributed by atoms with Gasteiger partial charge in [0.25, 0.3) is 5.69 Å². The molecule has 1 aliphatic rings. The molecule has 0 radical (unpaired) electrons. The van der Waals surface area contributed by atoms with Crippen molar-refractivity contribution in [3.8, 4) is 6.07 Å². The van der Waals surface area contributed by atoms with Gasteiger partial charge in [-0.05, 0) is 37.2 Å². The minimum Gasteiger partial charge on any atom is -0.258 e. The first-order chi connectivity index (χ1) is 9.49. The van der Waals surface area contributed by atoms with Crippen LogP contribution in [-0.2, 0) is 6.42 Å². The standard InChI is InChI=1S/C15H17ClN2O2/c1-2-11-5-6-15(8-11,10-17)9-12-3-4-13(18(19)20)7-14(12)16/h3-4,7,11H,2,5-6,8-9H2,1H3. The smallest absolute Gasteiger partial charge is 0.258 e. The number of halogens is 1. The van der Waals surface area contributed by atoms with Crippen molar-refractivity contribution in [2.45, 2.75) is 39.0 Å². The number of nitriles is 1. The van der Waals surface area contributed by atoms with Crippen molar-refractivity contribution in [1.82, 2.24) is 0 Å². The minimum atomic E-state index is -0.460. The third-order valence-corrected chi connectivity index (χ3v) is 4.65. The van der Waals surface area contributed by atoms with Crippen molar-refractivity contribution in [2.24, 2.45) is 11.3 Å². The summed E-state index contributed by atoms with van der Waals surface area (Å²) in [6, 6.07) is 6.97. The van der Waals surface area contributed by atoms with E-state index in [9.17, 15) is 15.4 Å². The SMILES string of the molecule is CCC1CCC(C#N)(Cc2ccc([N+](=O)[O-])cc2Cl)C1. The van der Waals surface area contributed by atoms with Crippen LogP contribution >= 0.6 is 11.6 Å². The van der Waals surface area contributed by atoms with Crippen molar-refractivity contribution >= 4 is 17.3 Å². The quantitative estimate of drug-likeness (QED) is 0.605. The van der Waals surface area contributed by atoms with Crippen molar-refractivity contribution < 1.29 is 4.92 Å². The third kappa shape index (κ3) is 2.94. The molecular formula is C15H17ClN2O2. The van der Waals surface area contributed by atoms with E-state index in [1.54, 1.807) is 6.07 Å². The van der Waals surface area contributed by atoms with Gasteiger partial charge in [0.1, 0.15) is 0 Å². The molecule has 0 spiro atoms. The average Bonchev–Trinajstić information content (AvgIpc) is 2.85. The predicted molar refractivity (Wildman–Crippen MR) is 77.5 cm³/mol. The van der Waals surface area contributed by atoms with Gasteiger partial charge in [-0.2, -0.15) is 5.26 Å². The summed E-state index contributed by atoms with van der Waals surface area (Å²) in [5.41, 5.74) is 0.457. The number of nitro benzene ring substituents is 1. The summed E-state index contributed by atoms with van der Waals surface area (Å²) in [6.07, 6.45) is 4.53. The van der Waals surface area contributed by atoms with Crippen LogP contribution in [0.15, 0.2) is 18.2 Å². The molecule has 1 aromatic rings. The lowest BCUT2D eigenvalue weighted by molar-refractivity contribution is -0.384. The average molecular weight is 293 g/mol. The minimum absolute atomic E-state index is 0.0115. The predicted octanol–water partition coefficient (Wildman–Crippen LogP) is 4.51. The second kappa shape index (κ2) is 5.80. The molecule has 0 heterocycles. The molecule has 0 aliphatic heterocycles. The van der Waals surface area contributed by atoms with Gasteiger partial charge in [0.05, 0.1) is 21.4 Å². The van der Waals surface area contributed by atoms with Crippen LogP contribution in [-0.4, -0.2) is 4.92 Å². The lowest BCUT2D eigenvalue weighted by Gasteiger charge is -2.21. The second-order valence-electron chi connectivity index (χ2n) is 5.62. The summed E-state index contributed by atoms with van der Waals surface area (Å²) < 4.78 is 0. The molecule has 0 saturated heterocycles.